The summed E-state index contributed by atoms with van der Waals surface area (Å²) in [6.45, 7) is 8.57. The van der Waals surface area contributed by atoms with Gasteiger partial charge in [0.25, 0.3) is 0 Å². The van der Waals surface area contributed by atoms with E-state index in [4.69, 9.17) is 0 Å². The summed E-state index contributed by atoms with van der Waals surface area (Å²) in [5, 5.41) is 3.31. The molecule has 0 amide bonds. The molecule has 1 fully saturated rings. The van der Waals surface area contributed by atoms with Gasteiger partial charge in [-0.3, -0.25) is 0 Å². The minimum absolute atomic E-state index is 0.0793. The molecule has 4 heteroatoms. The molecule has 3 atom stereocenters. The van der Waals surface area contributed by atoms with E-state index >= 15 is 0 Å². The minimum Gasteiger partial charge on any atom is -0.313 e. The molecule has 1 saturated carbocycles. The Bertz CT molecular complexity index is 286. The van der Waals surface area contributed by atoms with E-state index in [0.717, 1.165) is 25.0 Å². The molecule has 0 aliphatic heterocycles. The molecule has 19 heavy (non-hydrogen) atoms. The van der Waals surface area contributed by atoms with Crippen molar-refractivity contribution in [3.63, 3.8) is 0 Å². The molecule has 112 valence electrons. The van der Waals surface area contributed by atoms with E-state index < -0.39 is 12.1 Å². The fraction of sp³-hybridized carbons (Fsp3) is 0.867. The standard InChI is InChI=1S/C15H26F3N/c1-4-9-19-14(10-11(2)3)12-7-5-6-8-13(12)15(16,17)18/h12-14,19H,2,4-10H2,1,3H3. The van der Waals surface area contributed by atoms with E-state index in [1.165, 1.54) is 0 Å². The highest BCUT2D eigenvalue weighted by molar-refractivity contribution is 4.98. The maximum absolute atomic E-state index is 13.2. The van der Waals surface area contributed by atoms with Gasteiger partial charge in [0.2, 0.25) is 0 Å². The maximum Gasteiger partial charge on any atom is 0.392 e. The zero-order valence-electron chi connectivity index (χ0n) is 12.0. The Morgan fingerprint density at radius 2 is 1.95 bits per heavy atom. The topological polar surface area (TPSA) is 12.0 Å². The maximum atomic E-state index is 13.2. The molecule has 0 bridgehead atoms. The number of alkyl halides is 3. The highest BCUT2D eigenvalue weighted by Crippen LogP contribution is 2.43. The zero-order chi connectivity index (χ0) is 14.5. The van der Waals surface area contributed by atoms with Crippen molar-refractivity contribution in [2.24, 2.45) is 11.8 Å². The second-order valence-corrected chi connectivity index (χ2v) is 5.82. The monoisotopic (exact) mass is 277 g/mol. The number of rotatable bonds is 6. The van der Waals surface area contributed by atoms with Crippen LogP contribution in [0.1, 0.15) is 52.4 Å². The molecule has 0 radical (unpaired) electrons. The fourth-order valence-electron chi connectivity index (χ4n) is 3.13. The number of hydrogen-bond acceptors (Lipinski definition) is 1. The van der Waals surface area contributed by atoms with Gasteiger partial charge in [0.1, 0.15) is 0 Å². The van der Waals surface area contributed by atoms with Crippen molar-refractivity contribution in [2.45, 2.75) is 64.6 Å². The van der Waals surface area contributed by atoms with Gasteiger partial charge in [0, 0.05) is 6.04 Å². The largest absolute Gasteiger partial charge is 0.392 e. The van der Waals surface area contributed by atoms with Crippen LogP contribution in [0.3, 0.4) is 0 Å². The van der Waals surface area contributed by atoms with Gasteiger partial charge in [-0.15, -0.1) is 6.58 Å². The van der Waals surface area contributed by atoms with Crippen molar-refractivity contribution < 1.29 is 13.2 Å². The van der Waals surface area contributed by atoms with Crippen LogP contribution in [0.5, 0.6) is 0 Å². The third-order valence-corrected chi connectivity index (χ3v) is 3.98. The summed E-state index contributed by atoms with van der Waals surface area (Å²) in [7, 11) is 0. The first-order chi connectivity index (χ1) is 8.86. The third kappa shape index (κ3) is 5.17. The van der Waals surface area contributed by atoms with Crippen molar-refractivity contribution in [3.8, 4) is 0 Å². The Morgan fingerprint density at radius 1 is 1.32 bits per heavy atom. The third-order valence-electron chi connectivity index (χ3n) is 3.98. The predicted molar refractivity (Wildman–Crippen MR) is 73.0 cm³/mol. The molecule has 0 saturated heterocycles. The Labute approximate surface area is 114 Å². The summed E-state index contributed by atoms with van der Waals surface area (Å²) < 4.78 is 39.5. The van der Waals surface area contributed by atoms with E-state index in [-0.39, 0.29) is 18.4 Å². The summed E-state index contributed by atoms with van der Waals surface area (Å²) in [6, 6.07) is -0.0793. The van der Waals surface area contributed by atoms with Crippen LogP contribution in [0, 0.1) is 11.8 Å². The zero-order valence-corrected chi connectivity index (χ0v) is 12.0. The van der Waals surface area contributed by atoms with Crippen LogP contribution in [-0.2, 0) is 0 Å². The molecule has 0 spiro atoms. The molecule has 1 N–H and O–H groups in total. The average Bonchev–Trinajstić information content (AvgIpc) is 2.33. The normalized spacial score (nSPS) is 26.2. The molecular weight excluding hydrogens is 251 g/mol. The number of nitrogens with one attached hydrogen (secondary N) is 1. The number of halogens is 3. The van der Waals surface area contributed by atoms with E-state index in [9.17, 15) is 13.2 Å². The fourth-order valence-corrected chi connectivity index (χ4v) is 3.13. The van der Waals surface area contributed by atoms with Crippen molar-refractivity contribution in [3.05, 3.63) is 12.2 Å². The summed E-state index contributed by atoms with van der Waals surface area (Å²) in [5.41, 5.74) is 0.958. The second-order valence-electron chi connectivity index (χ2n) is 5.82. The Morgan fingerprint density at radius 3 is 2.47 bits per heavy atom. The highest BCUT2D eigenvalue weighted by Gasteiger charge is 2.47. The molecule has 0 aromatic carbocycles. The van der Waals surface area contributed by atoms with Crippen molar-refractivity contribution in [2.75, 3.05) is 6.54 Å². The quantitative estimate of drug-likeness (QED) is 0.694. The van der Waals surface area contributed by atoms with Gasteiger partial charge in [-0.25, -0.2) is 0 Å². The highest BCUT2D eigenvalue weighted by atomic mass is 19.4. The SMILES string of the molecule is C=C(C)CC(NCCC)C1CCCCC1C(F)(F)F. The average molecular weight is 277 g/mol. The van der Waals surface area contributed by atoms with Crippen LogP contribution < -0.4 is 5.32 Å². The first-order valence-electron chi connectivity index (χ1n) is 7.30. The lowest BCUT2D eigenvalue weighted by Gasteiger charge is -2.38. The van der Waals surface area contributed by atoms with Crippen LogP contribution in [0.15, 0.2) is 12.2 Å². The van der Waals surface area contributed by atoms with Gasteiger partial charge in [0.15, 0.2) is 0 Å². The minimum atomic E-state index is -4.06. The van der Waals surface area contributed by atoms with Gasteiger partial charge in [-0.05, 0) is 45.1 Å². The summed E-state index contributed by atoms with van der Waals surface area (Å²) in [4.78, 5) is 0. The van der Waals surface area contributed by atoms with Crippen LogP contribution >= 0.6 is 0 Å². The van der Waals surface area contributed by atoms with E-state index in [1.807, 2.05) is 13.8 Å². The van der Waals surface area contributed by atoms with E-state index in [2.05, 4.69) is 11.9 Å². The first kappa shape index (κ1) is 16.5. The summed E-state index contributed by atoms with van der Waals surface area (Å²) in [6.07, 6.45) is 0.110. The molecule has 0 aromatic rings. The molecule has 0 aromatic heterocycles. The van der Waals surface area contributed by atoms with E-state index in [1.54, 1.807) is 0 Å². The summed E-state index contributed by atoms with van der Waals surface area (Å²) >= 11 is 0. The molecule has 1 aliphatic rings. The Balaban J connectivity index is 2.79. The lowest BCUT2D eigenvalue weighted by atomic mass is 9.73. The lowest BCUT2D eigenvalue weighted by molar-refractivity contribution is -0.199. The van der Waals surface area contributed by atoms with Crippen LogP contribution in [-0.4, -0.2) is 18.8 Å². The summed E-state index contributed by atoms with van der Waals surface area (Å²) in [5.74, 6) is -1.44. The molecular formula is C15H26F3N. The number of hydrogen-bond donors (Lipinski definition) is 1. The first-order valence-corrected chi connectivity index (χ1v) is 7.30. The molecule has 3 unspecified atom stereocenters. The Hall–Kier alpha value is -0.510. The van der Waals surface area contributed by atoms with Gasteiger partial charge in [-0.2, -0.15) is 13.2 Å². The second kappa shape index (κ2) is 7.32. The molecule has 0 heterocycles. The van der Waals surface area contributed by atoms with Crippen molar-refractivity contribution in [1.82, 2.24) is 5.32 Å². The van der Waals surface area contributed by atoms with Gasteiger partial charge < -0.3 is 5.32 Å². The van der Waals surface area contributed by atoms with Crippen LogP contribution in [0.2, 0.25) is 0 Å². The smallest absolute Gasteiger partial charge is 0.313 e. The van der Waals surface area contributed by atoms with Crippen molar-refractivity contribution in [1.29, 1.82) is 0 Å². The van der Waals surface area contributed by atoms with Crippen LogP contribution in [0.4, 0.5) is 13.2 Å². The molecule has 1 rings (SSSR count). The Kier molecular flexibility index (Phi) is 6.37. The molecule has 1 nitrogen and oxygen atoms in total. The molecule has 1 aliphatic carbocycles. The van der Waals surface area contributed by atoms with E-state index in [0.29, 0.717) is 19.3 Å². The van der Waals surface area contributed by atoms with Gasteiger partial charge in [0.05, 0.1) is 5.92 Å². The van der Waals surface area contributed by atoms with Crippen LogP contribution in [0.25, 0.3) is 0 Å². The van der Waals surface area contributed by atoms with Crippen molar-refractivity contribution >= 4 is 0 Å². The lowest BCUT2D eigenvalue weighted by Crippen LogP contribution is -2.46. The van der Waals surface area contributed by atoms with Gasteiger partial charge >= 0.3 is 6.18 Å². The predicted octanol–water partition coefficient (Wildman–Crippen LogP) is 4.69. The van der Waals surface area contributed by atoms with Gasteiger partial charge in [-0.1, -0.05) is 25.3 Å².